The first-order chi connectivity index (χ1) is 8.65. The lowest BCUT2D eigenvalue weighted by Gasteiger charge is -2.17. The molecule has 0 radical (unpaired) electrons. The molecule has 18 heavy (non-hydrogen) atoms. The van der Waals surface area contributed by atoms with Crippen molar-refractivity contribution in [3.8, 4) is 5.75 Å². The smallest absolute Gasteiger partial charge is 0.120 e. The van der Waals surface area contributed by atoms with Crippen LogP contribution in [0.1, 0.15) is 17.2 Å². The summed E-state index contributed by atoms with van der Waals surface area (Å²) in [6, 6.07) is 7.95. The SMILES string of the molecule is CNC(c1csc(Br)c1)c1ccc(OC)cc1Cl. The fraction of sp³-hybridized carbons (Fsp3) is 0.231. The third-order valence-electron chi connectivity index (χ3n) is 2.73. The lowest BCUT2D eigenvalue weighted by atomic mass is 10.0. The minimum atomic E-state index is 0.0888. The van der Waals surface area contributed by atoms with Crippen molar-refractivity contribution >= 4 is 38.9 Å². The molecule has 0 aliphatic heterocycles. The molecule has 2 aromatic rings. The Kier molecular flexibility index (Phi) is 4.67. The van der Waals surface area contributed by atoms with Gasteiger partial charge in [-0.05, 0) is 57.7 Å². The Morgan fingerprint density at radius 3 is 2.67 bits per heavy atom. The van der Waals surface area contributed by atoms with Crippen LogP contribution in [0.5, 0.6) is 5.75 Å². The second kappa shape index (κ2) is 6.06. The van der Waals surface area contributed by atoms with Crippen LogP contribution >= 0.6 is 38.9 Å². The van der Waals surface area contributed by atoms with Gasteiger partial charge in [-0.1, -0.05) is 17.7 Å². The van der Waals surface area contributed by atoms with Crippen LogP contribution in [0.25, 0.3) is 0 Å². The van der Waals surface area contributed by atoms with Crippen LogP contribution in [0.3, 0.4) is 0 Å². The number of benzene rings is 1. The molecule has 1 aromatic carbocycles. The molecule has 0 spiro atoms. The monoisotopic (exact) mass is 345 g/mol. The Bertz CT molecular complexity index is 544. The lowest BCUT2D eigenvalue weighted by Crippen LogP contribution is -2.17. The first kappa shape index (κ1) is 13.9. The molecule has 0 bridgehead atoms. The summed E-state index contributed by atoms with van der Waals surface area (Å²) in [4.78, 5) is 0. The fourth-order valence-corrected chi connectivity index (χ4v) is 3.33. The second-order valence-corrected chi connectivity index (χ2v) is 6.49. The van der Waals surface area contributed by atoms with Gasteiger partial charge in [0.1, 0.15) is 5.75 Å². The highest BCUT2D eigenvalue weighted by Crippen LogP contribution is 2.34. The Balaban J connectivity index is 2.39. The molecule has 0 aliphatic carbocycles. The third kappa shape index (κ3) is 2.88. The van der Waals surface area contributed by atoms with Crippen LogP contribution < -0.4 is 10.1 Å². The normalized spacial score (nSPS) is 12.4. The molecule has 1 aromatic heterocycles. The molecule has 2 nitrogen and oxygen atoms in total. The van der Waals surface area contributed by atoms with E-state index in [0.29, 0.717) is 5.02 Å². The minimum Gasteiger partial charge on any atom is -0.497 e. The number of hydrogen-bond donors (Lipinski definition) is 1. The van der Waals surface area contributed by atoms with Crippen LogP contribution in [0.15, 0.2) is 33.4 Å². The number of thiophene rings is 1. The summed E-state index contributed by atoms with van der Waals surface area (Å²) in [6.07, 6.45) is 0. The lowest BCUT2D eigenvalue weighted by molar-refractivity contribution is 0.414. The Labute approximate surface area is 124 Å². The van der Waals surface area contributed by atoms with Crippen molar-refractivity contribution in [3.63, 3.8) is 0 Å². The molecule has 0 fully saturated rings. The van der Waals surface area contributed by atoms with Gasteiger partial charge < -0.3 is 10.1 Å². The van der Waals surface area contributed by atoms with Gasteiger partial charge in [-0.3, -0.25) is 0 Å². The maximum Gasteiger partial charge on any atom is 0.120 e. The van der Waals surface area contributed by atoms with E-state index in [-0.39, 0.29) is 6.04 Å². The molecule has 2 rings (SSSR count). The number of methoxy groups -OCH3 is 1. The van der Waals surface area contributed by atoms with Crippen molar-refractivity contribution in [3.05, 3.63) is 49.6 Å². The molecular weight excluding hydrogens is 334 g/mol. The largest absolute Gasteiger partial charge is 0.497 e. The molecule has 0 saturated carbocycles. The minimum absolute atomic E-state index is 0.0888. The van der Waals surface area contributed by atoms with E-state index in [9.17, 15) is 0 Å². The molecule has 1 heterocycles. The van der Waals surface area contributed by atoms with E-state index in [1.54, 1.807) is 18.4 Å². The van der Waals surface area contributed by atoms with E-state index in [1.807, 2.05) is 25.2 Å². The molecule has 5 heteroatoms. The predicted molar refractivity (Wildman–Crippen MR) is 80.9 cm³/mol. The standard InChI is InChI=1S/C13H13BrClNOS/c1-16-13(8-5-12(14)18-7-8)10-4-3-9(17-2)6-11(10)15/h3-7,13,16H,1-2H3. The van der Waals surface area contributed by atoms with Gasteiger partial charge >= 0.3 is 0 Å². The van der Waals surface area contributed by atoms with Gasteiger partial charge in [-0.2, -0.15) is 0 Å². The first-order valence-electron chi connectivity index (χ1n) is 5.40. The van der Waals surface area contributed by atoms with Crippen molar-refractivity contribution in [2.75, 3.05) is 14.2 Å². The molecular formula is C13H13BrClNOS. The Morgan fingerprint density at radius 1 is 1.39 bits per heavy atom. The molecule has 0 saturated heterocycles. The fourth-order valence-electron chi connectivity index (χ4n) is 1.85. The van der Waals surface area contributed by atoms with E-state index in [4.69, 9.17) is 16.3 Å². The summed E-state index contributed by atoms with van der Waals surface area (Å²) in [5, 5.41) is 6.11. The zero-order chi connectivity index (χ0) is 13.1. The topological polar surface area (TPSA) is 21.3 Å². The third-order valence-corrected chi connectivity index (χ3v) is 4.58. The van der Waals surface area contributed by atoms with E-state index in [2.05, 4.69) is 32.7 Å². The van der Waals surface area contributed by atoms with Crippen molar-refractivity contribution in [2.24, 2.45) is 0 Å². The van der Waals surface area contributed by atoms with Gasteiger partial charge in [0.15, 0.2) is 0 Å². The van der Waals surface area contributed by atoms with Gasteiger partial charge in [0.05, 0.1) is 16.9 Å². The zero-order valence-electron chi connectivity index (χ0n) is 10.0. The van der Waals surface area contributed by atoms with Gasteiger partial charge in [0.2, 0.25) is 0 Å². The van der Waals surface area contributed by atoms with Crippen molar-refractivity contribution in [2.45, 2.75) is 6.04 Å². The number of ether oxygens (including phenoxy) is 1. The van der Waals surface area contributed by atoms with Crippen molar-refractivity contribution < 1.29 is 4.74 Å². The summed E-state index contributed by atoms with van der Waals surface area (Å²) in [5.41, 5.74) is 2.24. The van der Waals surface area contributed by atoms with Crippen LogP contribution in [-0.4, -0.2) is 14.2 Å². The number of halogens is 2. The maximum atomic E-state index is 6.31. The average Bonchev–Trinajstić information content (AvgIpc) is 2.78. The molecule has 1 unspecified atom stereocenters. The zero-order valence-corrected chi connectivity index (χ0v) is 13.2. The average molecular weight is 347 g/mol. The summed E-state index contributed by atoms with van der Waals surface area (Å²) < 4.78 is 6.28. The van der Waals surface area contributed by atoms with Crippen LogP contribution in [-0.2, 0) is 0 Å². The number of hydrogen-bond acceptors (Lipinski definition) is 3. The quantitative estimate of drug-likeness (QED) is 0.881. The van der Waals surface area contributed by atoms with E-state index in [0.717, 1.165) is 15.1 Å². The molecule has 96 valence electrons. The van der Waals surface area contributed by atoms with Crippen LogP contribution in [0.2, 0.25) is 5.02 Å². The predicted octanol–water partition coefficient (Wildman–Crippen LogP) is 4.48. The Morgan fingerprint density at radius 2 is 2.17 bits per heavy atom. The summed E-state index contributed by atoms with van der Waals surface area (Å²) in [7, 11) is 3.56. The second-order valence-electron chi connectivity index (χ2n) is 3.79. The van der Waals surface area contributed by atoms with Gasteiger partial charge in [-0.25, -0.2) is 0 Å². The molecule has 1 N–H and O–H groups in total. The summed E-state index contributed by atoms with van der Waals surface area (Å²) >= 11 is 11.5. The summed E-state index contributed by atoms with van der Waals surface area (Å²) in [5.74, 6) is 0.769. The van der Waals surface area contributed by atoms with E-state index in [1.165, 1.54) is 5.56 Å². The highest BCUT2D eigenvalue weighted by Gasteiger charge is 2.16. The van der Waals surface area contributed by atoms with Gasteiger partial charge in [-0.15, -0.1) is 11.3 Å². The molecule has 0 amide bonds. The number of rotatable bonds is 4. The van der Waals surface area contributed by atoms with Gasteiger partial charge in [0.25, 0.3) is 0 Å². The first-order valence-corrected chi connectivity index (χ1v) is 7.45. The molecule has 1 atom stereocenters. The van der Waals surface area contributed by atoms with E-state index < -0.39 is 0 Å². The summed E-state index contributed by atoms with van der Waals surface area (Å²) in [6.45, 7) is 0. The molecule has 0 aliphatic rings. The Hall–Kier alpha value is -0.550. The van der Waals surface area contributed by atoms with Crippen LogP contribution in [0, 0.1) is 0 Å². The van der Waals surface area contributed by atoms with Crippen LogP contribution in [0.4, 0.5) is 0 Å². The maximum absolute atomic E-state index is 6.31. The highest BCUT2D eigenvalue weighted by molar-refractivity contribution is 9.11. The van der Waals surface area contributed by atoms with Crippen molar-refractivity contribution in [1.82, 2.24) is 5.32 Å². The van der Waals surface area contributed by atoms with Crippen molar-refractivity contribution in [1.29, 1.82) is 0 Å². The number of nitrogens with one attached hydrogen (secondary N) is 1. The van der Waals surface area contributed by atoms with Gasteiger partial charge in [0, 0.05) is 5.02 Å². The van der Waals surface area contributed by atoms with E-state index >= 15 is 0 Å². The highest BCUT2D eigenvalue weighted by atomic mass is 79.9.